The lowest BCUT2D eigenvalue weighted by atomic mass is 9.84. The normalized spacial score (nSPS) is 29.6. The van der Waals surface area contributed by atoms with Gasteiger partial charge in [-0.2, -0.15) is 0 Å². The van der Waals surface area contributed by atoms with Crippen molar-refractivity contribution in [3.05, 3.63) is 11.9 Å². The molecule has 2 saturated heterocycles. The predicted octanol–water partition coefficient (Wildman–Crippen LogP) is 0.516. The molecule has 0 spiro atoms. The molecular formula is C26H41N7O4. The Morgan fingerprint density at radius 1 is 1.08 bits per heavy atom. The topological polar surface area (TPSA) is 124 Å². The standard InChI is InChI=1S/C26H41N7O4/c1-16(34)30-7-9-31(10-8-30)19-11-18(12-19)27-24(36)22-13-20(35)14-32(22)25(37)23(26(2,3)4)33-15-21(28-29-33)17-5-6-17/h15,17-20,22-23,35H,5-14H2,1-4H3,(H,27,36)/t18?,19?,20?,22?,23-/m1/s1. The number of carbonyl (C=O) groups is 3. The summed E-state index contributed by atoms with van der Waals surface area (Å²) >= 11 is 0. The van der Waals surface area contributed by atoms with E-state index in [1.54, 1.807) is 16.5 Å². The summed E-state index contributed by atoms with van der Waals surface area (Å²) in [5.74, 6) is 0.156. The second-order valence-corrected chi connectivity index (χ2v) is 12.4. The van der Waals surface area contributed by atoms with Crippen LogP contribution in [0, 0.1) is 5.41 Å². The Kier molecular flexibility index (Phi) is 7.04. The number of hydrogen-bond donors (Lipinski definition) is 2. The number of nitrogens with zero attached hydrogens (tertiary/aromatic N) is 6. The van der Waals surface area contributed by atoms with Crippen molar-refractivity contribution in [2.75, 3.05) is 32.7 Å². The van der Waals surface area contributed by atoms with Crippen LogP contribution in [0.1, 0.15) is 77.5 Å². The third kappa shape index (κ3) is 5.52. The molecule has 4 aliphatic rings. The van der Waals surface area contributed by atoms with Crippen molar-refractivity contribution in [1.82, 2.24) is 35.0 Å². The van der Waals surface area contributed by atoms with E-state index in [0.29, 0.717) is 12.0 Å². The molecule has 11 nitrogen and oxygen atoms in total. The van der Waals surface area contributed by atoms with Gasteiger partial charge in [-0.3, -0.25) is 19.3 Å². The van der Waals surface area contributed by atoms with Crippen molar-refractivity contribution in [1.29, 1.82) is 0 Å². The molecule has 11 heteroatoms. The van der Waals surface area contributed by atoms with E-state index in [1.165, 1.54) is 0 Å². The Balaban J connectivity index is 1.19. The van der Waals surface area contributed by atoms with Crippen LogP contribution < -0.4 is 5.32 Å². The Morgan fingerprint density at radius 3 is 2.35 bits per heavy atom. The van der Waals surface area contributed by atoms with Crippen LogP contribution in [0.25, 0.3) is 0 Å². The van der Waals surface area contributed by atoms with Crippen LogP contribution in [-0.4, -0.2) is 109 Å². The fraction of sp³-hybridized carbons (Fsp3) is 0.808. The van der Waals surface area contributed by atoms with Crippen molar-refractivity contribution in [2.45, 2.75) is 96.0 Å². The van der Waals surface area contributed by atoms with E-state index < -0.39 is 23.6 Å². The summed E-state index contributed by atoms with van der Waals surface area (Å²) in [7, 11) is 0. The highest BCUT2D eigenvalue weighted by atomic mass is 16.3. The number of aromatic nitrogens is 3. The van der Waals surface area contributed by atoms with E-state index in [1.807, 2.05) is 31.9 Å². The largest absolute Gasteiger partial charge is 0.391 e. The molecule has 204 valence electrons. The molecule has 3 amide bonds. The van der Waals surface area contributed by atoms with Gasteiger partial charge in [0.05, 0.1) is 11.8 Å². The van der Waals surface area contributed by atoms with Gasteiger partial charge in [-0.05, 0) is 31.1 Å². The lowest BCUT2D eigenvalue weighted by molar-refractivity contribution is -0.144. The molecule has 3 atom stereocenters. The summed E-state index contributed by atoms with van der Waals surface area (Å²) in [5.41, 5.74) is 0.466. The number of β-amino-alcohol motifs (C(OH)–C–C–N with tert-alkyl or cyclic N) is 1. The number of piperazine rings is 1. The van der Waals surface area contributed by atoms with Crippen LogP contribution >= 0.6 is 0 Å². The first-order chi connectivity index (χ1) is 17.5. The molecular weight excluding hydrogens is 474 g/mol. The second-order valence-electron chi connectivity index (χ2n) is 12.4. The minimum Gasteiger partial charge on any atom is -0.391 e. The molecule has 0 bridgehead atoms. The lowest BCUT2D eigenvalue weighted by Crippen LogP contribution is -2.60. The molecule has 5 rings (SSSR count). The molecule has 2 unspecified atom stereocenters. The molecule has 37 heavy (non-hydrogen) atoms. The van der Waals surface area contributed by atoms with Gasteiger partial charge in [-0.15, -0.1) is 5.10 Å². The zero-order chi connectivity index (χ0) is 26.5. The summed E-state index contributed by atoms with van der Waals surface area (Å²) in [6.45, 7) is 10.9. The Bertz CT molecular complexity index is 1020. The Labute approximate surface area is 218 Å². The summed E-state index contributed by atoms with van der Waals surface area (Å²) in [4.78, 5) is 44.6. The van der Waals surface area contributed by atoms with E-state index in [-0.39, 0.29) is 36.7 Å². The van der Waals surface area contributed by atoms with E-state index in [0.717, 1.165) is 57.6 Å². The van der Waals surface area contributed by atoms with E-state index >= 15 is 0 Å². The van der Waals surface area contributed by atoms with Crippen LogP contribution in [0.15, 0.2) is 6.20 Å². The van der Waals surface area contributed by atoms with Gasteiger partial charge in [-0.25, -0.2) is 4.68 Å². The van der Waals surface area contributed by atoms with Crippen molar-refractivity contribution in [2.24, 2.45) is 5.41 Å². The van der Waals surface area contributed by atoms with Gasteiger partial charge in [0.15, 0.2) is 0 Å². The molecule has 3 heterocycles. The number of amides is 3. The zero-order valence-electron chi connectivity index (χ0n) is 22.5. The zero-order valence-corrected chi connectivity index (χ0v) is 22.5. The molecule has 2 saturated carbocycles. The fourth-order valence-corrected chi connectivity index (χ4v) is 6.03. The molecule has 2 aliphatic heterocycles. The summed E-state index contributed by atoms with van der Waals surface area (Å²) in [5, 5.41) is 22.2. The lowest BCUT2D eigenvalue weighted by Gasteiger charge is -2.46. The van der Waals surface area contributed by atoms with E-state index in [4.69, 9.17) is 0 Å². The Hall–Kier alpha value is -2.53. The number of rotatable bonds is 6. The summed E-state index contributed by atoms with van der Waals surface area (Å²) < 4.78 is 1.65. The van der Waals surface area contributed by atoms with Gasteiger partial charge in [0.2, 0.25) is 17.7 Å². The number of nitrogens with one attached hydrogen (secondary N) is 1. The molecule has 2 N–H and O–H groups in total. The first-order valence-electron chi connectivity index (χ1n) is 13.7. The van der Waals surface area contributed by atoms with Gasteiger partial charge in [0, 0.05) is 70.3 Å². The van der Waals surface area contributed by atoms with Gasteiger partial charge < -0.3 is 20.2 Å². The maximum absolute atomic E-state index is 13.9. The second kappa shape index (κ2) is 9.98. The van der Waals surface area contributed by atoms with Crippen LogP contribution in [0.4, 0.5) is 0 Å². The molecule has 1 aromatic rings. The Morgan fingerprint density at radius 2 is 1.76 bits per heavy atom. The number of carbonyl (C=O) groups excluding carboxylic acids is 3. The monoisotopic (exact) mass is 515 g/mol. The average molecular weight is 516 g/mol. The number of likely N-dealkylation sites (tertiary alicyclic amines) is 1. The molecule has 0 aromatic carbocycles. The molecule has 2 aliphatic carbocycles. The predicted molar refractivity (Wildman–Crippen MR) is 135 cm³/mol. The number of hydrogen-bond acceptors (Lipinski definition) is 7. The smallest absolute Gasteiger partial charge is 0.248 e. The van der Waals surface area contributed by atoms with Crippen LogP contribution in [0.2, 0.25) is 0 Å². The van der Waals surface area contributed by atoms with Gasteiger partial charge in [0.1, 0.15) is 12.1 Å². The molecule has 0 radical (unpaired) electrons. The minimum atomic E-state index is -0.732. The highest BCUT2D eigenvalue weighted by Crippen LogP contribution is 2.40. The minimum absolute atomic E-state index is 0.0628. The van der Waals surface area contributed by atoms with Crippen LogP contribution in [0.5, 0.6) is 0 Å². The van der Waals surface area contributed by atoms with Crippen molar-refractivity contribution in [3.63, 3.8) is 0 Å². The number of aliphatic hydroxyl groups excluding tert-OH is 1. The average Bonchev–Trinajstić information content (AvgIpc) is 3.42. The third-order valence-corrected chi connectivity index (χ3v) is 8.44. The van der Waals surface area contributed by atoms with Crippen molar-refractivity contribution < 1.29 is 19.5 Å². The maximum atomic E-state index is 13.9. The van der Waals surface area contributed by atoms with Gasteiger partial charge in [-0.1, -0.05) is 26.0 Å². The van der Waals surface area contributed by atoms with Crippen molar-refractivity contribution in [3.8, 4) is 0 Å². The first kappa shape index (κ1) is 26.1. The van der Waals surface area contributed by atoms with E-state index in [2.05, 4.69) is 20.5 Å². The van der Waals surface area contributed by atoms with Crippen LogP contribution in [-0.2, 0) is 14.4 Å². The third-order valence-electron chi connectivity index (χ3n) is 8.44. The highest BCUT2D eigenvalue weighted by Gasteiger charge is 2.46. The van der Waals surface area contributed by atoms with Gasteiger partial charge in [0.25, 0.3) is 0 Å². The maximum Gasteiger partial charge on any atom is 0.248 e. The molecule has 4 fully saturated rings. The SMILES string of the molecule is CC(=O)N1CCN(C2CC(NC(=O)C3CC(O)CN3C(=O)[C@@H](n3cc(C4CC4)nn3)C(C)(C)C)C2)CC1. The summed E-state index contributed by atoms with van der Waals surface area (Å²) in [6, 6.07) is -0.843. The molecule has 1 aromatic heterocycles. The number of aliphatic hydroxyl groups is 1. The van der Waals surface area contributed by atoms with Crippen molar-refractivity contribution >= 4 is 17.7 Å². The quantitative estimate of drug-likeness (QED) is 0.566. The fourth-order valence-electron chi connectivity index (χ4n) is 6.03. The summed E-state index contributed by atoms with van der Waals surface area (Å²) in [6.07, 6.45) is 5.31. The first-order valence-corrected chi connectivity index (χ1v) is 13.7. The van der Waals surface area contributed by atoms with E-state index in [9.17, 15) is 19.5 Å². The van der Waals surface area contributed by atoms with Gasteiger partial charge >= 0.3 is 0 Å². The highest BCUT2D eigenvalue weighted by molar-refractivity contribution is 5.90. The van der Waals surface area contributed by atoms with Crippen LogP contribution in [0.3, 0.4) is 0 Å².